The summed E-state index contributed by atoms with van der Waals surface area (Å²) in [5.74, 6) is -1.71. The summed E-state index contributed by atoms with van der Waals surface area (Å²) in [6.07, 6.45) is 5.54. The highest BCUT2D eigenvalue weighted by Crippen LogP contribution is 2.21. The summed E-state index contributed by atoms with van der Waals surface area (Å²) >= 11 is 0. The summed E-state index contributed by atoms with van der Waals surface area (Å²) in [6.45, 7) is 0. The van der Waals surface area contributed by atoms with Gasteiger partial charge in [0.05, 0.1) is 29.2 Å². The molecule has 0 aliphatic rings. The van der Waals surface area contributed by atoms with E-state index in [2.05, 4.69) is 26.1 Å². The molecule has 7 nitrogen and oxygen atoms in total. The third kappa shape index (κ3) is 4.23. The highest BCUT2D eigenvalue weighted by molar-refractivity contribution is 5.88. The van der Waals surface area contributed by atoms with E-state index in [0.29, 0.717) is 23.5 Å². The number of imidazole rings is 1. The SMILES string of the molecule is Cl.Cl.O=C(O)c1ccc(-c2cnc3ncc(Cc4ccc5ncccc5c4)n3n2)cc1F. The Labute approximate surface area is 193 Å². The molecule has 0 fully saturated rings. The van der Waals surface area contributed by atoms with Gasteiger partial charge in [-0.15, -0.1) is 24.8 Å². The van der Waals surface area contributed by atoms with Crippen molar-refractivity contribution in [2.75, 3.05) is 0 Å². The van der Waals surface area contributed by atoms with Crippen molar-refractivity contribution in [3.05, 3.63) is 89.8 Å². The van der Waals surface area contributed by atoms with Crippen molar-refractivity contribution in [3.63, 3.8) is 0 Å². The molecule has 0 unspecified atom stereocenters. The fourth-order valence-corrected chi connectivity index (χ4v) is 3.36. The monoisotopic (exact) mass is 471 g/mol. The molecule has 0 aliphatic heterocycles. The topological polar surface area (TPSA) is 93.3 Å². The van der Waals surface area contributed by atoms with Gasteiger partial charge >= 0.3 is 5.97 Å². The van der Waals surface area contributed by atoms with E-state index in [9.17, 15) is 9.18 Å². The quantitative estimate of drug-likeness (QED) is 0.411. The second-order valence-corrected chi connectivity index (χ2v) is 6.81. The van der Waals surface area contributed by atoms with Crippen LogP contribution in [0.4, 0.5) is 4.39 Å². The molecule has 32 heavy (non-hydrogen) atoms. The lowest BCUT2D eigenvalue weighted by atomic mass is 10.1. The number of carbonyl (C=O) groups is 1. The van der Waals surface area contributed by atoms with Gasteiger partial charge in [0.2, 0.25) is 0 Å². The van der Waals surface area contributed by atoms with Crippen molar-refractivity contribution < 1.29 is 14.3 Å². The Hall–Kier alpha value is -3.62. The fourth-order valence-electron chi connectivity index (χ4n) is 3.36. The molecule has 0 saturated carbocycles. The van der Waals surface area contributed by atoms with Crippen LogP contribution < -0.4 is 0 Å². The van der Waals surface area contributed by atoms with Gasteiger partial charge in [0, 0.05) is 23.6 Å². The number of pyridine rings is 1. The van der Waals surface area contributed by atoms with Gasteiger partial charge in [-0.2, -0.15) is 5.10 Å². The Morgan fingerprint density at radius 1 is 1.00 bits per heavy atom. The molecule has 2 aromatic carbocycles. The van der Waals surface area contributed by atoms with Crippen LogP contribution in [0.1, 0.15) is 21.6 Å². The summed E-state index contributed by atoms with van der Waals surface area (Å²) in [6, 6.07) is 13.8. The molecule has 3 heterocycles. The predicted octanol–water partition coefficient (Wildman–Crippen LogP) is 4.61. The van der Waals surface area contributed by atoms with E-state index in [1.165, 1.54) is 18.3 Å². The van der Waals surface area contributed by atoms with Crippen molar-refractivity contribution >= 4 is 47.5 Å². The van der Waals surface area contributed by atoms with Gasteiger partial charge in [-0.25, -0.2) is 23.7 Å². The number of rotatable bonds is 4. The number of hydrogen-bond donors (Lipinski definition) is 1. The molecule has 0 saturated heterocycles. The summed E-state index contributed by atoms with van der Waals surface area (Å²) < 4.78 is 15.7. The standard InChI is InChI=1S/C22H14FN5O2.2ClH/c23-18-10-15(4-5-17(18)21(29)30)20-12-26-22-25-11-16(28(22)27-20)9-13-3-6-19-14(8-13)2-1-7-24-19;;/h1-8,10-12H,9H2,(H,29,30);2*1H. The molecule has 0 atom stereocenters. The van der Waals surface area contributed by atoms with Crippen LogP contribution in [0.3, 0.4) is 0 Å². The number of benzene rings is 2. The van der Waals surface area contributed by atoms with Crippen LogP contribution in [0.15, 0.2) is 67.1 Å². The Morgan fingerprint density at radius 3 is 2.59 bits per heavy atom. The minimum absolute atomic E-state index is 0. The third-order valence-corrected chi connectivity index (χ3v) is 4.85. The first kappa shape index (κ1) is 23.1. The van der Waals surface area contributed by atoms with Crippen LogP contribution in [-0.4, -0.2) is 35.6 Å². The minimum Gasteiger partial charge on any atom is -0.478 e. The molecule has 5 rings (SSSR count). The first-order valence-corrected chi connectivity index (χ1v) is 9.15. The summed E-state index contributed by atoms with van der Waals surface area (Å²) in [7, 11) is 0. The minimum atomic E-state index is -1.32. The predicted molar refractivity (Wildman–Crippen MR) is 122 cm³/mol. The second-order valence-electron chi connectivity index (χ2n) is 6.81. The van der Waals surface area contributed by atoms with Crippen molar-refractivity contribution in [2.24, 2.45) is 0 Å². The van der Waals surface area contributed by atoms with Crippen molar-refractivity contribution in [3.8, 4) is 11.3 Å². The molecular formula is C22H16Cl2FN5O2. The van der Waals surface area contributed by atoms with E-state index in [-0.39, 0.29) is 30.4 Å². The summed E-state index contributed by atoms with van der Waals surface area (Å²) in [5.41, 5.74) is 3.28. The van der Waals surface area contributed by atoms with Crippen molar-refractivity contribution in [1.82, 2.24) is 24.6 Å². The summed E-state index contributed by atoms with van der Waals surface area (Å²) in [5, 5.41) is 14.6. The van der Waals surface area contributed by atoms with Crippen molar-refractivity contribution in [2.45, 2.75) is 6.42 Å². The maximum absolute atomic E-state index is 14.1. The van der Waals surface area contributed by atoms with Gasteiger partial charge in [0.25, 0.3) is 5.78 Å². The average Bonchev–Trinajstić information content (AvgIpc) is 3.15. The van der Waals surface area contributed by atoms with Crippen LogP contribution in [-0.2, 0) is 6.42 Å². The van der Waals surface area contributed by atoms with E-state index >= 15 is 0 Å². The third-order valence-electron chi connectivity index (χ3n) is 4.85. The van der Waals surface area contributed by atoms with Crippen LogP contribution in [0.25, 0.3) is 27.9 Å². The van der Waals surface area contributed by atoms with E-state index in [0.717, 1.165) is 28.2 Å². The number of carboxylic acid groups (broad SMARTS) is 1. The van der Waals surface area contributed by atoms with Crippen LogP contribution >= 0.6 is 24.8 Å². The first-order valence-electron chi connectivity index (χ1n) is 9.15. The molecule has 0 bridgehead atoms. The Kier molecular flexibility index (Phi) is 6.67. The lowest BCUT2D eigenvalue weighted by Crippen LogP contribution is -2.03. The Balaban J connectivity index is 0.00000144. The maximum atomic E-state index is 14.1. The molecule has 162 valence electrons. The number of fused-ring (bicyclic) bond motifs is 2. The lowest BCUT2D eigenvalue weighted by molar-refractivity contribution is 0.0692. The van der Waals surface area contributed by atoms with Crippen molar-refractivity contribution in [1.29, 1.82) is 0 Å². The molecular weight excluding hydrogens is 456 g/mol. The van der Waals surface area contributed by atoms with Gasteiger partial charge in [-0.05, 0) is 35.9 Å². The number of aromatic carboxylic acids is 1. The van der Waals surface area contributed by atoms with Gasteiger partial charge in [-0.3, -0.25) is 4.98 Å². The smallest absolute Gasteiger partial charge is 0.338 e. The number of nitrogens with zero attached hydrogens (tertiary/aromatic N) is 5. The zero-order valence-electron chi connectivity index (χ0n) is 16.3. The van der Waals surface area contributed by atoms with E-state index < -0.39 is 11.8 Å². The normalized spacial score (nSPS) is 10.5. The van der Waals surface area contributed by atoms with Crippen LogP contribution in [0.2, 0.25) is 0 Å². The van der Waals surface area contributed by atoms with E-state index in [1.54, 1.807) is 16.9 Å². The Bertz CT molecular complexity index is 1440. The van der Waals surface area contributed by atoms with Gasteiger partial charge in [0.15, 0.2) is 0 Å². The fraction of sp³-hybridized carbons (Fsp3) is 0.0455. The molecule has 0 spiro atoms. The average molecular weight is 472 g/mol. The second kappa shape index (κ2) is 9.25. The maximum Gasteiger partial charge on any atom is 0.338 e. The molecule has 0 radical (unpaired) electrons. The number of halogens is 3. The zero-order chi connectivity index (χ0) is 20.7. The van der Waals surface area contributed by atoms with Gasteiger partial charge in [0.1, 0.15) is 11.5 Å². The largest absolute Gasteiger partial charge is 0.478 e. The van der Waals surface area contributed by atoms with Gasteiger partial charge < -0.3 is 5.11 Å². The highest BCUT2D eigenvalue weighted by atomic mass is 35.5. The van der Waals surface area contributed by atoms with E-state index in [4.69, 9.17) is 5.11 Å². The molecule has 0 amide bonds. The number of hydrogen-bond acceptors (Lipinski definition) is 5. The molecule has 3 aromatic heterocycles. The number of carboxylic acids is 1. The lowest BCUT2D eigenvalue weighted by Gasteiger charge is -2.06. The van der Waals surface area contributed by atoms with Crippen LogP contribution in [0, 0.1) is 5.82 Å². The molecule has 5 aromatic rings. The van der Waals surface area contributed by atoms with E-state index in [1.807, 2.05) is 24.3 Å². The Morgan fingerprint density at radius 2 is 1.81 bits per heavy atom. The first-order chi connectivity index (χ1) is 14.6. The zero-order valence-corrected chi connectivity index (χ0v) is 18.0. The number of aromatic nitrogens is 5. The van der Waals surface area contributed by atoms with Gasteiger partial charge in [-0.1, -0.05) is 18.2 Å². The highest BCUT2D eigenvalue weighted by Gasteiger charge is 2.14. The molecule has 10 heteroatoms. The summed E-state index contributed by atoms with van der Waals surface area (Å²) in [4.78, 5) is 23.9. The van der Waals surface area contributed by atoms with Crippen LogP contribution in [0.5, 0.6) is 0 Å². The molecule has 0 aliphatic carbocycles. The molecule has 1 N–H and O–H groups in total.